The second-order valence-corrected chi connectivity index (χ2v) is 7.29. The van der Waals surface area contributed by atoms with Gasteiger partial charge in [-0.1, -0.05) is 0 Å². The van der Waals surface area contributed by atoms with Gasteiger partial charge in [0.2, 0.25) is 0 Å². The molecule has 4 nitrogen and oxygen atoms in total. The Balaban J connectivity index is 2.36. The number of hydrogen-bond donors (Lipinski definition) is 1. The van der Waals surface area contributed by atoms with Crippen molar-refractivity contribution in [3.05, 3.63) is 51.3 Å². The maximum atomic E-state index is 13.6. The molecule has 0 atom stereocenters. The van der Waals surface area contributed by atoms with Gasteiger partial charge in [-0.2, -0.15) is 0 Å². The second kappa shape index (κ2) is 6.18. The van der Waals surface area contributed by atoms with Crippen molar-refractivity contribution < 1.29 is 17.5 Å². The van der Waals surface area contributed by atoms with Crippen LogP contribution in [0.5, 0.6) is 5.75 Å². The van der Waals surface area contributed by atoms with Crippen LogP contribution >= 0.6 is 22.6 Å². The molecule has 0 radical (unpaired) electrons. The lowest BCUT2D eigenvalue weighted by Crippen LogP contribution is -2.14. The first-order valence-corrected chi connectivity index (χ1v) is 8.52. The van der Waals surface area contributed by atoms with Gasteiger partial charge in [0.05, 0.1) is 17.7 Å². The van der Waals surface area contributed by atoms with Crippen LogP contribution in [-0.2, 0) is 10.0 Å². The van der Waals surface area contributed by atoms with Gasteiger partial charge in [-0.3, -0.25) is 4.72 Å². The largest absolute Gasteiger partial charge is 0.494 e. The fraction of sp³-hybridized carbons (Fsp3) is 0.143. The number of anilines is 1. The molecule has 2 aromatic rings. The first-order valence-electron chi connectivity index (χ1n) is 5.96. The van der Waals surface area contributed by atoms with Crippen molar-refractivity contribution in [3.63, 3.8) is 0 Å². The lowest BCUT2D eigenvalue weighted by Gasteiger charge is -2.11. The lowest BCUT2D eigenvalue weighted by atomic mass is 10.2. The number of halogens is 2. The molecule has 0 spiro atoms. The van der Waals surface area contributed by atoms with Crippen molar-refractivity contribution in [1.82, 2.24) is 0 Å². The molecule has 1 N–H and O–H groups in total. The first kappa shape index (κ1) is 16.0. The summed E-state index contributed by atoms with van der Waals surface area (Å²) in [4.78, 5) is -0.154. The number of hydrogen-bond acceptors (Lipinski definition) is 3. The van der Waals surface area contributed by atoms with Crippen molar-refractivity contribution >= 4 is 38.3 Å². The molecule has 0 aliphatic rings. The highest BCUT2D eigenvalue weighted by Crippen LogP contribution is 2.24. The number of rotatable bonds is 4. The minimum Gasteiger partial charge on any atom is -0.494 e. The molecule has 0 amide bonds. The van der Waals surface area contributed by atoms with E-state index in [2.05, 4.69) is 27.3 Å². The van der Waals surface area contributed by atoms with Crippen molar-refractivity contribution in [2.75, 3.05) is 11.8 Å². The molecular formula is C14H13FINO3S. The van der Waals surface area contributed by atoms with E-state index in [0.717, 1.165) is 15.2 Å². The molecule has 2 rings (SSSR count). The van der Waals surface area contributed by atoms with Crippen LogP contribution in [0.3, 0.4) is 0 Å². The summed E-state index contributed by atoms with van der Waals surface area (Å²) in [5.41, 5.74) is 1.26. The highest BCUT2D eigenvalue weighted by atomic mass is 127. The number of nitrogens with one attached hydrogen (secondary N) is 1. The summed E-state index contributed by atoms with van der Waals surface area (Å²) in [6.07, 6.45) is 0. The van der Waals surface area contributed by atoms with Crippen LogP contribution in [0.15, 0.2) is 41.3 Å². The average molecular weight is 421 g/mol. The summed E-state index contributed by atoms with van der Waals surface area (Å²) >= 11 is 2.14. The van der Waals surface area contributed by atoms with Gasteiger partial charge in [0.1, 0.15) is 0 Å². The molecule has 0 fully saturated rings. The van der Waals surface area contributed by atoms with E-state index in [4.69, 9.17) is 4.74 Å². The summed E-state index contributed by atoms with van der Waals surface area (Å²) in [5.74, 6) is -0.723. The molecule has 0 heterocycles. The molecule has 0 aliphatic heterocycles. The number of methoxy groups -OCH3 is 1. The molecule has 0 saturated heterocycles. The smallest absolute Gasteiger partial charge is 0.262 e. The molecule has 0 saturated carbocycles. The summed E-state index contributed by atoms with van der Waals surface area (Å²) in [6, 6.07) is 8.84. The Labute approximate surface area is 136 Å². The number of ether oxygens (including phenoxy) is 1. The van der Waals surface area contributed by atoms with Crippen LogP contribution < -0.4 is 9.46 Å². The molecule has 0 aromatic heterocycles. The van der Waals surface area contributed by atoms with E-state index >= 15 is 0 Å². The van der Waals surface area contributed by atoms with Crippen molar-refractivity contribution in [2.24, 2.45) is 0 Å². The summed E-state index contributed by atoms with van der Waals surface area (Å²) < 4.78 is 46.4. The van der Waals surface area contributed by atoms with Gasteiger partial charge in [-0.15, -0.1) is 0 Å². The Morgan fingerprint density at radius 3 is 2.48 bits per heavy atom. The molecule has 0 unspecified atom stereocenters. The third-order valence-electron chi connectivity index (χ3n) is 2.87. The van der Waals surface area contributed by atoms with Gasteiger partial charge >= 0.3 is 0 Å². The SMILES string of the molecule is COc1ccc(S(=O)(=O)Nc2ccc(I)cc2C)cc1F. The highest BCUT2D eigenvalue weighted by Gasteiger charge is 2.17. The van der Waals surface area contributed by atoms with E-state index in [0.29, 0.717) is 5.69 Å². The second-order valence-electron chi connectivity index (χ2n) is 4.36. The summed E-state index contributed by atoms with van der Waals surface area (Å²) in [6.45, 7) is 1.80. The Bertz CT molecular complexity index is 778. The van der Waals surface area contributed by atoms with E-state index in [1.807, 2.05) is 6.07 Å². The Morgan fingerprint density at radius 1 is 1.19 bits per heavy atom. The fourth-order valence-electron chi connectivity index (χ4n) is 1.76. The fourth-order valence-corrected chi connectivity index (χ4v) is 3.55. The monoisotopic (exact) mass is 421 g/mol. The minimum atomic E-state index is -3.84. The van der Waals surface area contributed by atoms with Crippen LogP contribution in [0, 0.1) is 16.3 Å². The number of aryl methyl sites for hydroxylation is 1. The van der Waals surface area contributed by atoms with Gasteiger partial charge in [0.25, 0.3) is 10.0 Å². The van der Waals surface area contributed by atoms with E-state index in [-0.39, 0.29) is 10.6 Å². The number of sulfonamides is 1. The molecule has 0 aliphatic carbocycles. The molecule has 2 aromatic carbocycles. The molecule has 0 bridgehead atoms. The quantitative estimate of drug-likeness (QED) is 0.769. The highest BCUT2D eigenvalue weighted by molar-refractivity contribution is 14.1. The molecular weight excluding hydrogens is 408 g/mol. The molecule has 21 heavy (non-hydrogen) atoms. The Morgan fingerprint density at radius 2 is 1.90 bits per heavy atom. The average Bonchev–Trinajstić information content (AvgIpc) is 2.42. The van der Waals surface area contributed by atoms with E-state index in [1.165, 1.54) is 19.2 Å². The van der Waals surface area contributed by atoms with Gasteiger partial charge < -0.3 is 4.74 Å². The van der Waals surface area contributed by atoms with Gasteiger partial charge in [-0.05, 0) is 71.5 Å². The summed E-state index contributed by atoms with van der Waals surface area (Å²) in [7, 11) is -2.52. The Kier molecular flexibility index (Phi) is 4.72. The van der Waals surface area contributed by atoms with Crippen LogP contribution in [0.1, 0.15) is 5.56 Å². The zero-order chi connectivity index (χ0) is 15.6. The van der Waals surface area contributed by atoms with Crippen molar-refractivity contribution in [1.29, 1.82) is 0 Å². The minimum absolute atomic E-state index is 0.000560. The molecule has 112 valence electrons. The maximum Gasteiger partial charge on any atom is 0.262 e. The summed E-state index contributed by atoms with van der Waals surface area (Å²) in [5, 5.41) is 0. The van der Waals surface area contributed by atoms with Crippen molar-refractivity contribution in [2.45, 2.75) is 11.8 Å². The normalized spacial score (nSPS) is 11.2. The van der Waals surface area contributed by atoms with E-state index < -0.39 is 15.8 Å². The van der Waals surface area contributed by atoms with Crippen molar-refractivity contribution in [3.8, 4) is 5.75 Å². The third kappa shape index (κ3) is 3.65. The predicted molar refractivity (Wildman–Crippen MR) is 87.7 cm³/mol. The third-order valence-corrected chi connectivity index (χ3v) is 4.90. The van der Waals surface area contributed by atoms with Gasteiger partial charge in [0.15, 0.2) is 11.6 Å². The zero-order valence-corrected chi connectivity index (χ0v) is 14.3. The van der Waals surface area contributed by atoms with Crippen LogP contribution in [0.2, 0.25) is 0 Å². The Hall–Kier alpha value is -1.35. The lowest BCUT2D eigenvalue weighted by molar-refractivity contribution is 0.385. The van der Waals surface area contributed by atoms with Crippen LogP contribution in [0.4, 0.5) is 10.1 Å². The topological polar surface area (TPSA) is 55.4 Å². The van der Waals surface area contributed by atoms with Crippen LogP contribution in [-0.4, -0.2) is 15.5 Å². The van der Waals surface area contributed by atoms with Crippen LogP contribution in [0.25, 0.3) is 0 Å². The first-order chi connectivity index (χ1) is 9.83. The standard InChI is InChI=1S/C14H13FINO3S/c1-9-7-10(16)3-5-13(9)17-21(18,19)11-4-6-14(20-2)12(15)8-11/h3-8,17H,1-2H3. The van der Waals surface area contributed by atoms with Gasteiger partial charge in [0, 0.05) is 3.57 Å². The van der Waals surface area contributed by atoms with E-state index in [9.17, 15) is 12.8 Å². The van der Waals surface area contributed by atoms with Gasteiger partial charge in [-0.25, -0.2) is 12.8 Å². The maximum absolute atomic E-state index is 13.6. The predicted octanol–water partition coefficient (Wildman–Crippen LogP) is 3.55. The number of benzene rings is 2. The van der Waals surface area contributed by atoms with E-state index in [1.54, 1.807) is 19.1 Å². The molecule has 7 heteroatoms. The zero-order valence-electron chi connectivity index (χ0n) is 11.4.